The molecule has 2 rings (SSSR count). The molecule has 0 bridgehead atoms. The van der Waals surface area contributed by atoms with Gasteiger partial charge in [0.25, 0.3) is 0 Å². The number of nitrogens with zero attached hydrogens (tertiary/aromatic N) is 1. The van der Waals surface area contributed by atoms with E-state index >= 15 is 0 Å². The van der Waals surface area contributed by atoms with E-state index in [4.69, 9.17) is 17.4 Å². The third-order valence-electron chi connectivity index (χ3n) is 4.43. The maximum Gasteiger partial charge on any atom is 0.0637 e. The smallest absolute Gasteiger partial charge is 0.0637 e. The molecular weight excluding hydrogens is 246 g/mol. The lowest BCUT2D eigenvalue weighted by Gasteiger charge is -2.36. The van der Waals surface area contributed by atoms with E-state index in [9.17, 15) is 0 Å². The van der Waals surface area contributed by atoms with Gasteiger partial charge >= 0.3 is 0 Å². The van der Waals surface area contributed by atoms with E-state index in [1.807, 2.05) is 6.07 Å². The average molecular weight is 268 g/mol. The molecule has 0 spiro atoms. The first-order valence-corrected chi connectivity index (χ1v) is 7.06. The van der Waals surface area contributed by atoms with E-state index in [1.54, 1.807) is 12.4 Å². The number of hydrogen-bond acceptors (Lipinski definition) is 3. The second kappa shape index (κ2) is 6.00. The van der Waals surface area contributed by atoms with Crippen LogP contribution in [0.3, 0.4) is 0 Å². The van der Waals surface area contributed by atoms with Crippen molar-refractivity contribution in [1.29, 1.82) is 0 Å². The number of hydrazine groups is 1. The summed E-state index contributed by atoms with van der Waals surface area (Å²) in [4.78, 5) is 4.03. The maximum absolute atomic E-state index is 6.22. The van der Waals surface area contributed by atoms with Gasteiger partial charge in [-0.25, -0.2) is 0 Å². The van der Waals surface area contributed by atoms with Gasteiger partial charge in [-0.05, 0) is 42.2 Å². The van der Waals surface area contributed by atoms with Crippen molar-refractivity contribution in [2.24, 2.45) is 23.6 Å². The minimum Gasteiger partial charge on any atom is -0.271 e. The number of hydrogen-bond donors (Lipinski definition) is 2. The van der Waals surface area contributed by atoms with Gasteiger partial charge in [-0.1, -0.05) is 31.9 Å². The van der Waals surface area contributed by atoms with Crippen LogP contribution < -0.4 is 11.3 Å². The fraction of sp³-hybridized carbons (Fsp3) is 0.643. The van der Waals surface area contributed by atoms with Gasteiger partial charge in [0, 0.05) is 12.4 Å². The standard InChI is InChI=1S/C14H22ClN3/c1-9-3-4-11(7-10(9)2)14(18-16)12-5-6-17-8-13(12)15/h5-6,8-11,14,18H,3-4,7,16H2,1-2H3. The molecule has 0 aromatic carbocycles. The molecule has 1 aliphatic carbocycles. The Labute approximate surface area is 114 Å². The van der Waals surface area contributed by atoms with Crippen molar-refractivity contribution in [3.8, 4) is 0 Å². The highest BCUT2D eigenvalue weighted by Crippen LogP contribution is 2.40. The van der Waals surface area contributed by atoms with Gasteiger partial charge in [0.05, 0.1) is 11.1 Å². The first kappa shape index (κ1) is 13.8. The van der Waals surface area contributed by atoms with Gasteiger partial charge in [0.2, 0.25) is 0 Å². The molecule has 4 unspecified atom stereocenters. The number of nitrogens with two attached hydrogens (primary N) is 1. The lowest BCUT2D eigenvalue weighted by Crippen LogP contribution is -2.37. The zero-order chi connectivity index (χ0) is 13.1. The highest BCUT2D eigenvalue weighted by molar-refractivity contribution is 6.31. The summed E-state index contributed by atoms with van der Waals surface area (Å²) in [6.45, 7) is 4.67. The van der Waals surface area contributed by atoms with E-state index in [0.717, 1.165) is 17.4 Å². The topological polar surface area (TPSA) is 50.9 Å². The molecule has 1 aromatic rings. The Morgan fingerprint density at radius 2 is 2.17 bits per heavy atom. The highest BCUT2D eigenvalue weighted by Gasteiger charge is 2.31. The molecule has 4 heteroatoms. The van der Waals surface area contributed by atoms with Crippen LogP contribution >= 0.6 is 11.6 Å². The summed E-state index contributed by atoms with van der Waals surface area (Å²) in [7, 11) is 0. The first-order chi connectivity index (χ1) is 8.63. The van der Waals surface area contributed by atoms with Crippen LogP contribution in [0.15, 0.2) is 18.5 Å². The van der Waals surface area contributed by atoms with Crippen LogP contribution in [0.5, 0.6) is 0 Å². The lowest BCUT2D eigenvalue weighted by molar-refractivity contribution is 0.171. The minimum absolute atomic E-state index is 0.135. The average Bonchev–Trinajstić information content (AvgIpc) is 2.37. The van der Waals surface area contributed by atoms with E-state index in [1.165, 1.54) is 19.3 Å². The molecule has 4 atom stereocenters. The second-order valence-corrected chi connectivity index (χ2v) is 5.98. The number of pyridine rings is 1. The molecule has 0 saturated heterocycles. The Morgan fingerprint density at radius 3 is 2.78 bits per heavy atom. The summed E-state index contributed by atoms with van der Waals surface area (Å²) in [5.74, 6) is 7.87. The Bertz CT molecular complexity index is 396. The van der Waals surface area contributed by atoms with Gasteiger partial charge in [0.1, 0.15) is 0 Å². The predicted molar refractivity (Wildman–Crippen MR) is 75.0 cm³/mol. The molecule has 1 saturated carbocycles. The SMILES string of the molecule is CC1CCC(C(NN)c2ccncc2Cl)CC1C. The lowest BCUT2D eigenvalue weighted by atomic mass is 9.72. The number of halogens is 1. The van der Waals surface area contributed by atoms with Crippen molar-refractivity contribution < 1.29 is 0 Å². The third kappa shape index (κ3) is 2.85. The summed E-state index contributed by atoms with van der Waals surface area (Å²) in [6, 6.07) is 2.10. The zero-order valence-electron chi connectivity index (χ0n) is 11.1. The summed E-state index contributed by atoms with van der Waals surface area (Å²) in [5, 5.41) is 0.701. The first-order valence-electron chi connectivity index (χ1n) is 6.69. The van der Waals surface area contributed by atoms with Crippen LogP contribution in [0.25, 0.3) is 0 Å². The molecule has 1 fully saturated rings. The quantitative estimate of drug-likeness (QED) is 0.653. The van der Waals surface area contributed by atoms with Gasteiger partial charge in [-0.3, -0.25) is 16.3 Å². The normalized spacial score (nSPS) is 30.1. The Morgan fingerprint density at radius 1 is 1.39 bits per heavy atom. The predicted octanol–water partition coefficient (Wildman–Crippen LogP) is 3.31. The Balaban J connectivity index is 2.17. The van der Waals surface area contributed by atoms with Crippen LogP contribution in [0.4, 0.5) is 0 Å². The van der Waals surface area contributed by atoms with Crippen LogP contribution in [-0.4, -0.2) is 4.98 Å². The van der Waals surface area contributed by atoms with E-state index in [0.29, 0.717) is 10.9 Å². The van der Waals surface area contributed by atoms with E-state index < -0.39 is 0 Å². The van der Waals surface area contributed by atoms with Crippen molar-refractivity contribution in [1.82, 2.24) is 10.4 Å². The summed E-state index contributed by atoms with van der Waals surface area (Å²) < 4.78 is 0. The van der Waals surface area contributed by atoms with E-state index in [-0.39, 0.29) is 6.04 Å². The molecule has 18 heavy (non-hydrogen) atoms. The largest absolute Gasteiger partial charge is 0.271 e. The third-order valence-corrected chi connectivity index (χ3v) is 4.74. The van der Waals surface area contributed by atoms with Crippen molar-refractivity contribution in [2.45, 2.75) is 39.2 Å². The Kier molecular flexibility index (Phi) is 4.60. The number of nitrogens with one attached hydrogen (secondary N) is 1. The molecule has 1 heterocycles. The molecule has 100 valence electrons. The molecular formula is C14H22ClN3. The molecule has 0 radical (unpaired) electrons. The molecule has 3 N–H and O–H groups in total. The van der Waals surface area contributed by atoms with Crippen LogP contribution in [-0.2, 0) is 0 Å². The van der Waals surface area contributed by atoms with Crippen molar-refractivity contribution >= 4 is 11.6 Å². The van der Waals surface area contributed by atoms with Gasteiger partial charge in [-0.15, -0.1) is 0 Å². The molecule has 1 aromatic heterocycles. The maximum atomic E-state index is 6.22. The fourth-order valence-corrected chi connectivity index (χ4v) is 3.25. The number of aromatic nitrogens is 1. The number of rotatable bonds is 3. The van der Waals surface area contributed by atoms with Crippen LogP contribution in [0.1, 0.15) is 44.7 Å². The van der Waals surface area contributed by atoms with Gasteiger partial charge < -0.3 is 0 Å². The molecule has 3 nitrogen and oxygen atoms in total. The molecule has 0 aliphatic heterocycles. The van der Waals surface area contributed by atoms with Crippen molar-refractivity contribution in [3.63, 3.8) is 0 Å². The fourth-order valence-electron chi connectivity index (χ4n) is 3.01. The van der Waals surface area contributed by atoms with Crippen molar-refractivity contribution in [2.75, 3.05) is 0 Å². The molecule has 1 aliphatic rings. The minimum atomic E-state index is 0.135. The van der Waals surface area contributed by atoms with Gasteiger partial charge in [0.15, 0.2) is 0 Å². The van der Waals surface area contributed by atoms with E-state index in [2.05, 4.69) is 24.3 Å². The van der Waals surface area contributed by atoms with Gasteiger partial charge in [-0.2, -0.15) is 0 Å². The monoisotopic (exact) mass is 267 g/mol. The Hall–Kier alpha value is -0.640. The van der Waals surface area contributed by atoms with Crippen LogP contribution in [0.2, 0.25) is 5.02 Å². The van der Waals surface area contributed by atoms with Crippen LogP contribution in [0, 0.1) is 17.8 Å². The zero-order valence-corrected chi connectivity index (χ0v) is 11.8. The summed E-state index contributed by atoms with van der Waals surface area (Å²) in [5.41, 5.74) is 4.02. The molecule has 0 amide bonds. The summed E-state index contributed by atoms with van der Waals surface area (Å²) in [6.07, 6.45) is 7.15. The second-order valence-electron chi connectivity index (χ2n) is 5.57. The van der Waals surface area contributed by atoms with Crippen molar-refractivity contribution in [3.05, 3.63) is 29.0 Å². The summed E-state index contributed by atoms with van der Waals surface area (Å²) >= 11 is 6.22. The highest BCUT2D eigenvalue weighted by atomic mass is 35.5.